The van der Waals surface area contributed by atoms with Crippen LogP contribution >= 0.6 is 0 Å². The molecule has 4 heterocycles. The van der Waals surface area contributed by atoms with Crippen molar-refractivity contribution in [2.24, 2.45) is 0 Å². The SMILES string of the molecule is CCS(=O)(=O)N1CCC(n2cc(-c3cc(N(C=O)C4CC4)nc4[nH]ccc34)cn2)CC1. The van der Waals surface area contributed by atoms with E-state index in [2.05, 4.69) is 15.1 Å². The van der Waals surface area contributed by atoms with E-state index in [1.807, 2.05) is 35.4 Å². The number of H-pyrrole nitrogens is 1. The Bertz CT molecular complexity index is 1200. The second-order valence-corrected chi connectivity index (χ2v) is 10.5. The van der Waals surface area contributed by atoms with Gasteiger partial charge in [0.25, 0.3) is 0 Å². The highest BCUT2D eigenvalue weighted by atomic mass is 32.2. The summed E-state index contributed by atoms with van der Waals surface area (Å²) in [6.07, 6.45) is 10.0. The number of sulfonamides is 1. The first-order chi connectivity index (χ1) is 15.0. The number of aromatic amines is 1. The lowest BCUT2D eigenvalue weighted by Gasteiger charge is -2.31. The lowest BCUT2D eigenvalue weighted by molar-refractivity contribution is -0.107. The molecule has 31 heavy (non-hydrogen) atoms. The number of anilines is 1. The molecule has 1 amide bonds. The van der Waals surface area contributed by atoms with Gasteiger partial charge in [-0.05, 0) is 50.3 Å². The van der Waals surface area contributed by atoms with Crippen LogP contribution in [0.3, 0.4) is 0 Å². The van der Waals surface area contributed by atoms with Crippen molar-refractivity contribution in [3.05, 3.63) is 30.7 Å². The van der Waals surface area contributed by atoms with E-state index >= 15 is 0 Å². The third-order valence-corrected chi connectivity index (χ3v) is 8.18. The minimum atomic E-state index is -3.14. The Balaban J connectivity index is 1.42. The highest BCUT2D eigenvalue weighted by Crippen LogP contribution is 2.35. The Morgan fingerprint density at radius 2 is 2.03 bits per heavy atom. The highest BCUT2D eigenvalue weighted by Gasteiger charge is 2.31. The standard InChI is InChI=1S/C21H26N6O3S/c1-2-31(29,30)25-9-6-17(7-10-25)27-13-15(12-23-27)19-11-20(26(14-28)16-3-4-16)24-21-18(19)5-8-22-21/h5,8,11-14,16-17H,2-4,6-7,9-10H2,1H3,(H,22,24). The Morgan fingerprint density at radius 1 is 1.26 bits per heavy atom. The van der Waals surface area contributed by atoms with Crippen LogP contribution in [0.15, 0.2) is 30.7 Å². The number of nitrogens with one attached hydrogen (secondary N) is 1. The van der Waals surface area contributed by atoms with E-state index in [9.17, 15) is 13.2 Å². The number of amides is 1. The van der Waals surface area contributed by atoms with Gasteiger partial charge in [-0.3, -0.25) is 14.4 Å². The fraction of sp³-hybridized carbons (Fsp3) is 0.476. The Morgan fingerprint density at radius 3 is 2.71 bits per heavy atom. The number of fused-ring (bicyclic) bond motifs is 1. The maximum Gasteiger partial charge on any atom is 0.215 e. The predicted octanol–water partition coefficient (Wildman–Crippen LogP) is 2.54. The van der Waals surface area contributed by atoms with E-state index in [4.69, 9.17) is 0 Å². The van der Waals surface area contributed by atoms with Gasteiger partial charge in [-0.2, -0.15) is 5.10 Å². The number of hydrogen-bond donors (Lipinski definition) is 1. The fourth-order valence-corrected chi connectivity index (χ4v) is 5.45. The molecule has 5 rings (SSSR count). The van der Waals surface area contributed by atoms with E-state index in [1.54, 1.807) is 16.1 Å². The average molecular weight is 443 g/mol. The summed E-state index contributed by atoms with van der Waals surface area (Å²) >= 11 is 0. The molecule has 0 aromatic carbocycles. The molecular weight excluding hydrogens is 416 g/mol. The van der Waals surface area contributed by atoms with Crippen LogP contribution in [0.4, 0.5) is 5.82 Å². The van der Waals surface area contributed by atoms with Crippen molar-refractivity contribution in [1.29, 1.82) is 0 Å². The molecule has 9 nitrogen and oxygen atoms in total. The molecule has 1 N–H and O–H groups in total. The first-order valence-electron chi connectivity index (χ1n) is 10.7. The van der Waals surface area contributed by atoms with E-state index < -0.39 is 10.0 Å². The van der Waals surface area contributed by atoms with Gasteiger partial charge in [0.15, 0.2) is 0 Å². The number of hydrogen-bond acceptors (Lipinski definition) is 5. The van der Waals surface area contributed by atoms with Gasteiger partial charge >= 0.3 is 0 Å². The van der Waals surface area contributed by atoms with Crippen LogP contribution in [-0.4, -0.2) is 63.8 Å². The van der Waals surface area contributed by atoms with Crippen molar-refractivity contribution in [1.82, 2.24) is 24.1 Å². The van der Waals surface area contributed by atoms with Crippen molar-refractivity contribution in [2.45, 2.75) is 44.7 Å². The normalized spacial score (nSPS) is 18.5. The minimum absolute atomic E-state index is 0.138. The van der Waals surface area contributed by atoms with Gasteiger partial charge in [0, 0.05) is 42.5 Å². The third-order valence-electron chi connectivity index (χ3n) is 6.30. The molecule has 1 saturated carbocycles. The molecule has 0 radical (unpaired) electrons. The molecule has 2 aliphatic rings. The second kappa shape index (κ2) is 7.76. The van der Waals surface area contributed by atoms with Gasteiger partial charge in [-0.1, -0.05) is 0 Å². The number of rotatable bonds is 7. The highest BCUT2D eigenvalue weighted by molar-refractivity contribution is 7.89. The number of carbonyl (C=O) groups excluding carboxylic acids is 1. The first kappa shape index (κ1) is 20.2. The van der Waals surface area contributed by atoms with Gasteiger partial charge in [-0.15, -0.1) is 0 Å². The topological polar surface area (TPSA) is 104 Å². The molecule has 0 atom stereocenters. The largest absolute Gasteiger partial charge is 0.346 e. The predicted molar refractivity (Wildman–Crippen MR) is 118 cm³/mol. The van der Waals surface area contributed by atoms with Crippen LogP contribution < -0.4 is 4.90 Å². The summed E-state index contributed by atoms with van der Waals surface area (Å²) in [5.41, 5.74) is 2.68. The zero-order valence-electron chi connectivity index (χ0n) is 17.4. The van der Waals surface area contributed by atoms with Crippen molar-refractivity contribution in [3.8, 4) is 11.1 Å². The number of piperidine rings is 1. The molecule has 164 valence electrons. The van der Waals surface area contributed by atoms with Crippen LogP contribution in [0, 0.1) is 0 Å². The summed E-state index contributed by atoms with van der Waals surface area (Å²) in [6, 6.07) is 4.34. The van der Waals surface area contributed by atoms with Gasteiger partial charge in [0.2, 0.25) is 16.4 Å². The van der Waals surface area contributed by atoms with Crippen LogP contribution in [0.2, 0.25) is 0 Å². The minimum Gasteiger partial charge on any atom is -0.346 e. The van der Waals surface area contributed by atoms with Crippen LogP contribution in [0.1, 0.15) is 38.6 Å². The van der Waals surface area contributed by atoms with Gasteiger partial charge in [0.05, 0.1) is 18.0 Å². The Kier molecular flexibility index (Phi) is 5.05. The molecular formula is C21H26N6O3S. The lowest BCUT2D eigenvalue weighted by Crippen LogP contribution is -2.39. The lowest BCUT2D eigenvalue weighted by atomic mass is 10.1. The summed E-state index contributed by atoms with van der Waals surface area (Å²) < 4.78 is 27.8. The molecule has 0 unspecified atom stereocenters. The molecule has 3 aromatic heterocycles. The van der Waals surface area contributed by atoms with Crippen molar-refractivity contribution >= 4 is 33.3 Å². The third kappa shape index (κ3) is 3.74. The molecule has 2 fully saturated rings. The summed E-state index contributed by atoms with van der Waals surface area (Å²) in [7, 11) is -3.14. The van der Waals surface area contributed by atoms with Gasteiger partial charge < -0.3 is 4.98 Å². The summed E-state index contributed by atoms with van der Waals surface area (Å²) in [4.78, 5) is 21.2. The van der Waals surface area contributed by atoms with Crippen molar-refractivity contribution in [2.75, 3.05) is 23.7 Å². The molecule has 1 aliphatic carbocycles. The average Bonchev–Trinajstić information content (AvgIpc) is 3.30. The van der Waals surface area contributed by atoms with Crippen LogP contribution in [-0.2, 0) is 14.8 Å². The quantitative estimate of drug-likeness (QED) is 0.566. The number of aromatic nitrogens is 4. The van der Waals surface area contributed by atoms with Crippen molar-refractivity contribution < 1.29 is 13.2 Å². The van der Waals surface area contributed by atoms with Crippen LogP contribution in [0.5, 0.6) is 0 Å². The summed E-state index contributed by atoms with van der Waals surface area (Å²) in [6.45, 7) is 2.72. The molecule has 1 aliphatic heterocycles. The molecule has 0 bridgehead atoms. The number of nitrogens with zero attached hydrogens (tertiary/aromatic N) is 5. The maximum absolute atomic E-state index is 12.1. The monoisotopic (exact) mass is 442 g/mol. The van der Waals surface area contributed by atoms with Crippen LogP contribution in [0.25, 0.3) is 22.2 Å². The van der Waals surface area contributed by atoms with Crippen molar-refractivity contribution in [3.63, 3.8) is 0 Å². The zero-order chi connectivity index (χ0) is 21.6. The number of carbonyl (C=O) groups is 1. The fourth-order valence-electron chi connectivity index (χ4n) is 4.32. The van der Waals surface area contributed by atoms with E-state index in [1.165, 1.54) is 0 Å². The second-order valence-electron chi connectivity index (χ2n) is 8.25. The Labute approximate surface area is 181 Å². The van der Waals surface area contributed by atoms with E-state index in [0.29, 0.717) is 18.9 Å². The Hall–Kier alpha value is -2.72. The number of pyridine rings is 1. The first-order valence-corrected chi connectivity index (χ1v) is 12.3. The smallest absolute Gasteiger partial charge is 0.215 e. The summed E-state index contributed by atoms with van der Waals surface area (Å²) in [5, 5.41) is 5.57. The molecule has 0 spiro atoms. The van der Waals surface area contributed by atoms with E-state index in [0.717, 1.165) is 54.3 Å². The summed E-state index contributed by atoms with van der Waals surface area (Å²) in [5.74, 6) is 0.785. The molecule has 3 aromatic rings. The molecule has 10 heteroatoms. The maximum atomic E-state index is 12.1. The molecule has 1 saturated heterocycles. The van der Waals surface area contributed by atoms with E-state index in [-0.39, 0.29) is 17.8 Å². The van der Waals surface area contributed by atoms with Gasteiger partial charge in [0.1, 0.15) is 11.5 Å². The zero-order valence-corrected chi connectivity index (χ0v) is 18.3. The van der Waals surface area contributed by atoms with Gasteiger partial charge in [-0.25, -0.2) is 17.7 Å².